The summed E-state index contributed by atoms with van der Waals surface area (Å²) in [4.78, 5) is 10.2. The minimum atomic E-state index is -1.41. The number of hydrogen-bond acceptors (Lipinski definition) is 2. The molecule has 1 unspecified atom stereocenters. The molecule has 1 aromatic carbocycles. The molecule has 4 heteroatoms. The zero-order chi connectivity index (χ0) is 13.1. The van der Waals surface area contributed by atoms with Crippen molar-refractivity contribution in [2.24, 2.45) is 0 Å². The molecule has 0 spiro atoms. The summed E-state index contributed by atoms with van der Waals surface area (Å²) in [6.45, 7) is 2.17. The van der Waals surface area contributed by atoms with Gasteiger partial charge in [0.2, 0.25) is 0 Å². The molecule has 0 aliphatic heterocycles. The predicted molar refractivity (Wildman–Crippen MR) is 69.3 cm³/mol. The topological polar surface area (TPSA) is 57.5 Å². The predicted octanol–water partition coefficient (Wildman–Crippen LogP) is 3.22. The molecule has 1 aromatic rings. The summed E-state index contributed by atoms with van der Waals surface area (Å²) < 4.78 is 0. The van der Waals surface area contributed by atoms with E-state index in [1.54, 1.807) is 30.3 Å². The minimum Gasteiger partial charge on any atom is -0.479 e. The number of halogens is 1. The first-order chi connectivity index (χ1) is 8.13. The van der Waals surface area contributed by atoms with Crippen molar-refractivity contribution in [3.63, 3.8) is 0 Å². The Morgan fingerprint density at radius 2 is 1.88 bits per heavy atom. The Balaban J connectivity index is 0.000000366. The molecule has 2 N–H and O–H groups in total. The molecule has 0 aromatic heterocycles. The van der Waals surface area contributed by atoms with Crippen LogP contribution >= 0.6 is 11.6 Å². The van der Waals surface area contributed by atoms with Crippen LogP contribution in [0.5, 0.6) is 0 Å². The highest BCUT2D eigenvalue weighted by Gasteiger charge is 2.14. The summed E-state index contributed by atoms with van der Waals surface area (Å²) in [5, 5.41) is 17.4. The number of rotatable bonds is 5. The van der Waals surface area contributed by atoms with Crippen molar-refractivity contribution in [1.29, 1.82) is 0 Å². The van der Waals surface area contributed by atoms with Crippen molar-refractivity contribution >= 4 is 17.6 Å². The van der Waals surface area contributed by atoms with Gasteiger partial charge in [-0.3, -0.25) is 0 Å². The first kappa shape index (κ1) is 15.9. The van der Waals surface area contributed by atoms with E-state index >= 15 is 0 Å². The van der Waals surface area contributed by atoms with Gasteiger partial charge >= 0.3 is 5.97 Å². The van der Waals surface area contributed by atoms with Crippen LogP contribution in [0.2, 0.25) is 0 Å². The maximum atomic E-state index is 10.2. The van der Waals surface area contributed by atoms with Crippen LogP contribution in [0.3, 0.4) is 0 Å². The number of carboxylic acids is 1. The highest BCUT2D eigenvalue weighted by atomic mass is 35.5. The second kappa shape index (κ2) is 10.1. The quantitative estimate of drug-likeness (QED) is 0.630. The molecule has 0 saturated carbocycles. The molecule has 17 heavy (non-hydrogen) atoms. The number of carbonyl (C=O) groups is 1. The summed E-state index contributed by atoms with van der Waals surface area (Å²) in [5.41, 5.74) is 0.403. The molecule has 0 aliphatic rings. The van der Waals surface area contributed by atoms with Gasteiger partial charge in [-0.05, 0) is 12.0 Å². The molecule has 1 atom stereocenters. The highest BCUT2D eigenvalue weighted by molar-refractivity contribution is 6.17. The Morgan fingerprint density at radius 3 is 2.24 bits per heavy atom. The lowest BCUT2D eigenvalue weighted by molar-refractivity contribution is -0.146. The third-order valence-electron chi connectivity index (χ3n) is 2.09. The number of alkyl halides is 1. The molecular formula is C13H19ClO3. The lowest BCUT2D eigenvalue weighted by Gasteiger charge is -2.03. The number of aliphatic hydroxyl groups excluding tert-OH is 1. The van der Waals surface area contributed by atoms with Crippen LogP contribution in [0, 0.1) is 0 Å². The van der Waals surface area contributed by atoms with E-state index in [1.165, 1.54) is 19.3 Å². The smallest absolute Gasteiger partial charge is 0.337 e. The van der Waals surface area contributed by atoms with Crippen LogP contribution in [-0.4, -0.2) is 22.1 Å². The lowest BCUT2D eigenvalue weighted by Crippen LogP contribution is -2.09. The molecule has 0 heterocycles. The molecule has 96 valence electrons. The van der Waals surface area contributed by atoms with Gasteiger partial charge < -0.3 is 10.2 Å². The van der Waals surface area contributed by atoms with Gasteiger partial charge in [0.25, 0.3) is 0 Å². The van der Waals surface area contributed by atoms with Crippen LogP contribution < -0.4 is 0 Å². The normalized spacial score (nSPS) is 11.2. The van der Waals surface area contributed by atoms with Crippen LogP contribution in [0.15, 0.2) is 30.3 Å². The van der Waals surface area contributed by atoms with Crippen molar-refractivity contribution < 1.29 is 15.0 Å². The number of aliphatic hydroxyl groups is 1. The summed E-state index contributed by atoms with van der Waals surface area (Å²) in [6, 6.07) is 8.26. The van der Waals surface area contributed by atoms with E-state index in [4.69, 9.17) is 21.8 Å². The van der Waals surface area contributed by atoms with Gasteiger partial charge in [-0.1, -0.05) is 50.1 Å². The van der Waals surface area contributed by atoms with Crippen molar-refractivity contribution in [1.82, 2.24) is 0 Å². The van der Waals surface area contributed by atoms with Crippen LogP contribution in [0.25, 0.3) is 0 Å². The van der Waals surface area contributed by atoms with Crippen molar-refractivity contribution in [2.75, 3.05) is 5.88 Å². The van der Waals surface area contributed by atoms with Crippen molar-refractivity contribution in [3.05, 3.63) is 35.9 Å². The largest absolute Gasteiger partial charge is 0.479 e. The fourth-order valence-electron chi connectivity index (χ4n) is 1.12. The number of aliphatic carboxylic acids is 1. The van der Waals surface area contributed by atoms with E-state index in [0.717, 1.165) is 5.88 Å². The summed E-state index contributed by atoms with van der Waals surface area (Å²) in [6.07, 6.45) is 2.32. The Morgan fingerprint density at radius 1 is 1.29 bits per heavy atom. The molecule has 0 radical (unpaired) electrons. The summed E-state index contributed by atoms with van der Waals surface area (Å²) in [7, 11) is 0. The zero-order valence-electron chi connectivity index (χ0n) is 9.97. The summed E-state index contributed by atoms with van der Waals surface area (Å²) >= 11 is 5.38. The Kier molecular flexibility index (Phi) is 9.49. The van der Waals surface area contributed by atoms with Gasteiger partial charge in [-0.25, -0.2) is 4.79 Å². The van der Waals surface area contributed by atoms with E-state index in [9.17, 15) is 4.79 Å². The van der Waals surface area contributed by atoms with Gasteiger partial charge in [0, 0.05) is 5.88 Å². The second-order valence-electron chi connectivity index (χ2n) is 3.55. The van der Waals surface area contributed by atoms with Crippen LogP contribution in [0.4, 0.5) is 0 Å². The number of carboxylic acid groups (broad SMARTS) is 1. The van der Waals surface area contributed by atoms with Crippen LogP contribution in [-0.2, 0) is 4.79 Å². The SMILES string of the molecule is CCCCCCl.O=C(O)C(O)c1ccccc1. The Hall–Kier alpha value is -1.06. The van der Waals surface area contributed by atoms with Crippen molar-refractivity contribution in [2.45, 2.75) is 32.3 Å². The fourth-order valence-corrected chi connectivity index (χ4v) is 1.31. The van der Waals surface area contributed by atoms with Crippen molar-refractivity contribution in [3.8, 4) is 0 Å². The molecule has 0 fully saturated rings. The maximum absolute atomic E-state index is 10.2. The zero-order valence-corrected chi connectivity index (χ0v) is 10.7. The third kappa shape index (κ3) is 7.77. The van der Waals surface area contributed by atoms with Crippen LogP contribution in [0.1, 0.15) is 37.9 Å². The van der Waals surface area contributed by atoms with E-state index in [-0.39, 0.29) is 0 Å². The second-order valence-corrected chi connectivity index (χ2v) is 3.93. The van der Waals surface area contributed by atoms with Gasteiger partial charge in [-0.2, -0.15) is 0 Å². The fraction of sp³-hybridized carbons (Fsp3) is 0.462. The molecule has 0 bridgehead atoms. The Labute approximate surface area is 107 Å². The molecule has 0 amide bonds. The molecular weight excluding hydrogens is 240 g/mol. The maximum Gasteiger partial charge on any atom is 0.337 e. The number of benzene rings is 1. The number of unbranched alkanes of at least 4 members (excludes halogenated alkanes) is 2. The van der Waals surface area contributed by atoms with E-state index in [0.29, 0.717) is 5.56 Å². The highest BCUT2D eigenvalue weighted by Crippen LogP contribution is 2.10. The van der Waals surface area contributed by atoms with Gasteiger partial charge in [0.05, 0.1) is 0 Å². The van der Waals surface area contributed by atoms with Gasteiger partial charge in [-0.15, -0.1) is 11.6 Å². The average Bonchev–Trinajstić information content (AvgIpc) is 2.37. The first-order valence-electron chi connectivity index (χ1n) is 5.65. The molecule has 1 rings (SSSR count). The lowest BCUT2D eigenvalue weighted by atomic mass is 10.1. The standard InChI is InChI=1S/C8H8O3.C5H11Cl/c9-7(8(10)11)6-4-2-1-3-5-6;1-2-3-4-5-6/h1-5,7,9H,(H,10,11);2-5H2,1H3. The minimum absolute atomic E-state index is 0.403. The summed E-state index contributed by atoms with van der Waals surface area (Å²) in [5.74, 6) is -0.399. The van der Waals surface area contributed by atoms with E-state index in [2.05, 4.69) is 6.92 Å². The Bertz CT molecular complexity index is 297. The van der Waals surface area contributed by atoms with Gasteiger partial charge in [0.15, 0.2) is 6.10 Å². The molecule has 0 aliphatic carbocycles. The first-order valence-corrected chi connectivity index (χ1v) is 6.18. The van der Waals surface area contributed by atoms with E-state index in [1.807, 2.05) is 0 Å². The van der Waals surface area contributed by atoms with Gasteiger partial charge in [0.1, 0.15) is 0 Å². The number of hydrogen-bond donors (Lipinski definition) is 2. The molecule has 0 saturated heterocycles. The monoisotopic (exact) mass is 258 g/mol. The average molecular weight is 259 g/mol. The van der Waals surface area contributed by atoms with E-state index < -0.39 is 12.1 Å². The third-order valence-corrected chi connectivity index (χ3v) is 2.35. The molecule has 3 nitrogen and oxygen atoms in total.